The van der Waals surface area contributed by atoms with Crippen LogP contribution < -0.4 is 4.74 Å². The standard InChI is InChI=1S/C26H28BrN2O6/c1-3-5-6-7-8-9-11-17-14-20-21(26(30)23(29(33)34)16-22(20)28(31)32)15-19(17)18-12-10-13-24(25(18)27)35-4-2/h10,12-16H,3-9,11H2,1-2H3. The van der Waals surface area contributed by atoms with E-state index in [0.717, 1.165) is 49.3 Å². The molecule has 185 valence electrons. The topological polar surface area (TPSA) is 115 Å². The summed E-state index contributed by atoms with van der Waals surface area (Å²) >= 11 is 3.60. The zero-order chi connectivity index (χ0) is 25.5. The molecule has 0 saturated heterocycles. The van der Waals surface area contributed by atoms with Crippen LogP contribution in [0.15, 0.2) is 40.9 Å². The lowest BCUT2D eigenvalue weighted by Crippen LogP contribution is -1.99. The first-order chi connectivity index (χ1) is 16.8. The van der Waals surface area contributed by atoms with Crippen molar-refractivity contribution in [2.45, 2.75) is 58.8 Å². The number of fused-ring (bicyclic) bond motifs is 1. The summed E-state index contributed by atoms with van der Waals surface area (Å²) in [6.07, 6.45) is 7.19. The zero-order valence-electron chi connectivity index (χ0n) is 19.8. The fraction of sp³-hybridized carbons (Fsp3) is 0.385. The van der Waals surface area contributed by atoms with Gasteiger partial charge in [0, 0.05) is 5.39 Å². The van der Waals surface area contributed by atoms with Crippen LogP contribution in [-0.2, 0) is 11.5 Å². The van der Waals surface area contributed by atoms with Crippen LogP contribution in [-0.4, -0.2) is 16.5 Å². The smallest absolute Gasteiger partial charge is 0.323 e. The number of unbranched alkanes of at least 4 members (excludes halogenated alkanes) is 5. The van der Waals surface area contributed by atoms with Gasteiger partial charge in [-0.2, -0.15) is 0 Å². The van der Waals surface area contributed by atoms with Gasteiger partial charge in [-0.1, -0.05) is 51.2 Å². The number of benzene rings is 3. The SMILES string of the molecule is CCCCCCCCc1cc2c([N+](=O)[O-])cc([N+](=O)[O-])c([O])c2cc1-c1cccc(OCC)c1Br. The molecule has 0 aromatic heterocycles. The van der Waals surface area contributed by atoms with Crippen LogP contribution in [0, 0.1) is 20.2 Å². The van der Waals surface area contributed by atoms with Gasteiger partial charge in [0.15, 0.2) is 0 Å². The van der Waals surface area contributed by atoms with Crippen molar-refractivity contribution in [3.63, 3.8) is 0 Å². The van der Waals surface area contributed by atoms with Crippen molar-refractivity contribution in [2.75, 3.05) is 6.61 Å². The number of nitrogens with zero attached hydrogens (tertiary/aromatic N) is 2. The van der Waals surface area contributed by atoms with E-state index in [1.165, 1.54) is 6.42 Å². The molecule has 3 aromatic rings. The highest BCUT2D eigenvalue weighted by Crippen LogP contribution is 2.45. The van der Waals surface area contributed by atoms with Crippen molar-refractivity contribution in [2.24, 2.45) is 0 Å². The Labute approximate surface area is 212 Å². The van der Waals surface area contributed by atoms with E-state index in [1.807, 2.05) is 25.1 Å². The number of non-ortho nitro benzene ring substituents is 1. The highest BCUT2D eigenvalue weighted by atomic mass is 79.9. The van der Waals surface area contributed by atoms with E-state index >= 15 is 0 Å². The van der Waals surface area contributed by atoms with Gasteiger partial charge in [0.25, 0.3) is 11.4 Å². The average molecular weight is 544 g/mol. The van der Waals surface area contributed by atoms with Crippen LogP contribution in [0.5, 0.6) is 11.5 Å². The maximum absolute atomic E-state index is 13.0. The van der Waals surface area contributed by atoms with Crippen molar-refractivity contribution in [1.29, 1.82) is 0 Å². The van der Waals surface area contributed by atoms with Crippen LogP contribution in [0.25, 0.3) is 21.9 Å². The Kier molecular flexibility index (Phi) is 9.03. The van der Waals surface area contributed by atoms with Gasteiger partial charge in [0.2, 0.25) is 0 Å². The number of aryl methyl sites for hydroxylation is 1. The second-order valence-corrected chi connectivity index (χ2v) is 9.17. The lowest BCUT2D eigenvalue weighted by Gasteiger charge is -2.16. The largest absolute Gasteiger partial charge is 0.493 e. The number of ether oxygens (including phenoxy) is 1. The molecule has 35 heavy (non-hydrogen) atoms. The van der Waals surface area contributed by atoms with Gasteiger partial charge < -0.3 is 4.74 Å². The number of nitro benzene ring substituents is 2. The van der Waals surface area contributed by atoms with E-state index < -0.39 is 27.0 Å². The van der Waals surface area contributed by atoms with E-state index in [1.54, 1.807) is 12.1 Å². The van der Waals surface area contributed by atoms with E-state index in [2.05, 4.69) is 22.9 Å². The summed E-state index contributed by atoms with van der Waals surface area (Å²) in [5, 5.41) is 36.2. The molecule has 0 fully saturated rings. The molecular formula is C26H28BrN2O6. The van der Waals surface area contributed by atoms with Crippen LogP contribution >= 0.6 is 15.9 Å². The Bertz CT molecular complexity index is 1240. The normalized spacial score (nSPS) is 11.1. The third-order valence-corrected chi connectivity index (χ3v) is 6.83. The molecule has 0 bridgehead atoms. The predicted octanol–water partition coefficient (Wildman–Crippen LogP) is 8.53. The second kappa shape index (κ2) is 12.0. The Morgan fingerprint density at radius 2 is 1.54 bits per heavy atom. The Morgan fingerprint density at radius 1 is 0.857 bits per heavy atom. The maximum Gasteiger partial charge on any atom is 0.323 e. The molecule has 0 aliphatic heterocycles. The van der Waals surface area contributed by atoms with Crippen LogP contribution in [0.2, 0.25) is 0 Å². The Hall–Kier alpha value is -3.20. The first-order valence-electron chi connectivity index (χ1n) is 11.8. The van der Waals surface area contributed by atoms with Gasteiger partial charge in [-0.25, -0.2) is 0 Å². The van der Waals surface area contributed by atoms with Crippen LogP contribution in [0.4, 0.5) is 11.4 Å². The van der Waals surface area contributed by atoms with Gasteiger partial charge in [-0.3, -0.25) is 25.3 Å². The average Bonchev–Trinajstić information content (AvgIpc) is 2.82. The number of nitro groups is 2. The molecule has 0 atom stereocenters. The fourth-order valence-corrected chi connectivity index (χ4v) is 4.87. The molecule has 0 aliphatic carbocycles. The second-order valence-electron chi connectivity index (χ2n) is 8.38. The molecular weight excluding hydrogens is 516 g/mol. The monoisotopic (exact) mass is 543 g/mol. The molecule has 0 saturated carbocycles. The van der Waals surface area contributed by atoms with Crippen molar-refractivity contribution in [3.8, 4) is 22.6 Å². The van der Waals surface area contributed by atoms with Crippen molar-refractivity contribution in [3.05, 3.63) is 66.7 Å². The molecule has 0 aliphatic rings. The quantitative estimate of drug-likeness (QED) is 0.129. The minimum Gasteiger partial charge on any atom is -0.493 e. The molecule has 0 amide bonds. The number of hydrogen-bond acceptors (Lipinski definition) is 5. The van der Waals surface area contributed by atoms with E-state index in [-0.39, 0.29) is 10.8 Å². The van der Waals surface area contributed by atoms with Crippen molar-refractivity contribution in [1.82, 2.24) is 0 Å². The Morgan fingerprint density at radius 3 is 2.20 bits per heavy atom. The molecule has 1 radical (unpaired) electrons. The van der Waals surface area contributed by atoms with Crippen molar-refractivity contribution < 1.29 is 19.7 Å². The molecule has 0 spiro atoms. The summed E-state index contributed by atoms with van der Waals surface area (Å²) < 4.78 is 6.39. The summed E-state index contributed by atoms with van der Waals surface area (Å²) in [6, 6.07) is 9.50. The zero-order valence-corrected chi connectivity index (χ0v) is 21.4. The number of hydrogen-bond donors (Lipinski definition) is 0. The van der Waals surface area contributed by atoms with E-state index in [9.17, 15) is 25.3 Å². The number of rotatable bonds is 12. The first kappa shape index (κ1) is 26.4. The van der Waals surface area contributed by atoms with Crippen molar-refractivity contribution >= 4 is 38.1 Å². The molecule has 0 N–H and O–H groups in total. The fourth-order valence-electron chi connectivity index (χ4n) is 4.28. The molecule has 3 rings (SSSR count). The third kappa shape index (κ3) is 5.90. The van der Waals surface area contributed by atoms with Gasteiger partial charge in [-0.15, -0.1) is 0 Å². The molecule has 9 heteroatoms. The summed E-state index contributed by atoms with van der Waals surface area (Å²) in [5.74, 6) is -0.206. The first-order valence-corrected chi connectivity index (χ1v) is 12.6. The summed E-state index contributed by atoms with van der Waals surface area (Å²) in [4.78, 5) is 21.7. The lowest BCUT2D eigenvalue weighted by atomic mass is 9.91. The van der Waals surface area contributed by atoms with Gasteiger partial charge in [0.1, 0.15) is 5.75 Å². The molecule has 8 nitrogen and oxygen atoms in total. The summed E-state index contributed by atoms with van der Waals surface area (Å²) in [5.41, 5.74) is 1.06. The lowest BCUT2D eigenvalue weighted by molar-refractivity contribution is -0.393. The number of halogens is 1. The highest BCUT2D eigenvalue weighted by molar-refractivity contribution is 9.10. The third-order valence-electron chi connectivity index (χ3n) is 6.02. The minimum atomic E-state index is -0.871. The van der Waals surface area contributed by atoms with Gasteiger partial charge in [0.05, 0.1) is 32.4 Å². The van der Waals surface area contributed by atoms with Crippen LogP contribution in [0.1, 0.15) is 57.9 Å². The van der Waals surface area contributed by atoms with Gasteiger partial charge >= 0.3 is 5.69 Å². The van der Waals surface area contributed by atoms with Gasteiger partial charge in [-0.05, 0) is 70.6 Å². The minimum absolute atomic E-state index is 0.0405. The molecule has 0 unspecified atom stereocenters. The van der Waals surface area contributed by atoms with E-state index in [0.29, 0.717) is 28.8 Å². The Balaban J connectivity index is 2.21. The van der Waals surface area contributed by atoms with Crippen LogP contribution in [0.3, 0.4) is 0 Å². The summed E-state index contributed by atoms with van der Waals surface area (Å²) in [7, 11) is 0. The predicted molar refractivity (Wildman–Crippen MR) is 139 cm³/mol. The van der Waals surface area contributed by atoms with E-state index in [4.69, 9.17) is 4.74 Å². The maximum atomic E-state index is 13.0. The molecule has 3 aromatic carbocycles. The highest BCUT2D eigenvalue weighted by Gasteiger charge is 2.28. The molecule has 0 heterocycles. The summed E-state index contributed by atoms with van der Waals surface area (Å²) in [6.45, 7) is 4.51.